The van der Waals surface area contributed by atoms with Crippen molar-refractivity contribution in [2.45, 2.75) is 25.4 Å². The Kier molecular flexibility index (Phi) is 3.80. The minimum Gasteiger partial charge on any atom is -0.505 e. The first-order valence-corrected chi connectivity index (χ1v) is 6.01. The fourth-order valence-corrected chi connectivity index (χ4v) is 2.04. The molecule has 0 radical (unpaired) electrons. The summed E-state index contributed by atoms with van der Waals surface area (Å²) in [5.41, 5.74) is 0.382. The van der Waals surface area contributed by atoms with Crippen molar-refractivity contribution in [2.24, 2.45) is 0 Å². The summed E-state index contributed by atoms with van der Waals surface area (Å²) in [6.45, 7) is 0.169. The van der Waals surface area contributed by atoms with Gasteiger partial charge in [0.2, 0.25) is 11.8 Å². The molecule has 2 N–H and O–H groups in total. The molecule has 1 aromatic rings. The van der Waals surface area contributed by atoms with E-state index in [4.69, 9.17) is 0 Å². The molecule has 0 spiro atoms. The smallest absolute Gasteiger partial charge is 0.246 e. The normalized spacial score (nSPS) is 19.9. The van der Waals surface area contributed by atoms with Gasteiger partial charge in [-0.25, -0.2) is 4.39 Å². The number of phenolic OH excluding ortho intramolecular Hbond substituents is 1. The molecule has 2 amide bonds. The number of piperidine rings is 1. The molecule has 1 heterocycles. The zero-order valence-corrected chi connectivity index (χ0v) is 10.5. The highest BCUT2D eigenvalue weighted by Gasteiger charge is 2.31. The summed E-state index contributed by atoms with van der Waals surface area (Å²) in [6.07, 6.45) is 0.715. The molecule has 19 heavy (non-hydrogen) atoms. The van der Waals surface area contributed by atoms with E-state index in [2.05, 4.69) is 5.32 Å². The lowest BCUT2D eigenvalue weighted by atomic mass is 10.0. The van der Waals surface area contributed by atoms with E-state index in [1.165, 1.54) is 13.1 Å². The van der Waals surface area contributed by atoms with Gasteiger partial charge in [0, 0.05) is 25.6 Å². The maximum absolute atomic E-state index is 13.1. The molecule has 5 nitrogen and oxygen atoms in total. The summed E-state index contributed by atoms with van der Waals surface area (Å²) in [5, 5.41) is 12.5. The fourth-order valence-electron chi connectivity index (χ4n) is 2.04. The number of nitrogens with one attached hydrogen (secondary N) is 1. The van der Waals surface area contributed by atoms with E-state index in [1.807, 2.05) is 0 Å². The highest BCUT2D eigenvalue weighted by Crippen LogP contribution is 2.21. The number of aromatic hydroxyl groups is 1. The minimum atomic E-state index is -0.693. The van der Waals surface area contributed by atoms with Gasteiger partial charge in [-0.05, 0) is 12.5 Å². The number of benzene rings is 1. The zero-order valence-electron chi connectivity index (χ0n) is 10.5. The second kappa shape index (κ2) is 5.36. The van der Waals surface area contributed by atoms with Crippen LogP contribution < -0.4 is 5.32 Å². The number of likely N-dealkylation sites (tertiary alicyclic amines) is 1. The number of likely N-dealkylation sites (N-methyl/N-ethyl adjacent to an activating group) is 1. The van der Waals surface area contributed by atoms with Crippen LogP contribution in [0.25, 0.3) is 0 Å². The molecule has 102 valence electrons. The van der Waals surface area contributed by atoms with Crippen LogP contribution in [0.3, 0.4) is 0 Å². The van der Waals surface area contributed by atoms with Gasteiger partial charge in [0.25, 0.3) is 0 Å². The second-order valence-electron chi connectivity index (χ2n) is 4.51. The largest absolute Gasteiger partial charge is 0.505 e. The third-order valence-corrected chi connectivity index (χ3v) is 3.26. The predicted molar refractivity (Wildman–Crippen MR) is 65.7 cm³/mol. The molecular weight excluding hydrogens is 251 g/mol. The molecule has 1 aliphatic heterocycles. The first-order valence-electron chi connectivity index (χ1n) is 6.01. The number of carbonyl (C=O) groups excluding carboxylic acids is 2. The third kappa shape index (κ3) is 2.73. The molecule has 2 rings (SSSR count). The van der Waals surface area contributed by atoms with Crippen molar-refractivity contribution in [1.29, 1.82) is 0 Å². The molecule has 1 aliphatic rings. The highest BCUT2D eigenvalue weighted by atomic mass is 19.1. The van der Waals surface area contributed by atoms with Crippen LogP contribution in [0.4, 0.5) is 4.39 Å². The van der Waals surface area contributed by atoms with Gasteiger partial charge in [-0.15, -0.1) is 0 Å². The van der Waals surface area contributed by atoms with E-state index < -0.39 is 17.6 Å². The topological polar surface area (TPSA) is 69.6 Å². The minimum absolute atomic E-state index is 0.169. The molecule has 1 aromatic carbocycles. The third-order valence-electron chi connectivity index (χ3n) is 3.26. The zero-order chi connectivity index (χ0) is 14.0. The monoisotopic (exact) mass is 266 g/mol. The molecule has 1 unspecified atom stereocenters. The number of nitrogens with zero attached hydrogens (tertiary/aromatic N) is 1. The summed E-state index contributed by atoms with van der Waals surface area (Å²) >= 11 is 0. The van der Waals surface area contributed by atoms with Gasteiger partial charge in [0.05, 0.1) is 6.04 Å². The Labute approximate surface area is 110 Å². The van der Waals surface area contributed by atoms with Gasteiger partial charge in [-0.1, -0.05) is 12.1 Å². The molecule has 1 atom stereocenters. The number of hydrogen-bond donors (Lipinski definition) is 2. The summed E-state index contributed by atoms with van der Waals surface area (Å²) in [7, 11) is 1.44. The van der Waals surface area contributed by atoms with Crippen molar-refractivity contribution in [1.82, 2.24) is 10.2 Å². The average Bonchev–Trinajstić information content (AvgIpc) is 2.40. The molecule has 0 bridgehead atoms. The Morgan fingerprint density at radius 3 is 2.95 bits per heavy atom. The van der Waals surface area contributed by atoms with E-state index >= 15 is 0 Å². The SMILES string of the molecule is CN1C(=O)CCC(NCc2cccc(F)c2O)C1=O. The Balaban J connectivity index is 2.01. The molecule has 1 saturated heterocycles. The van der Waals surface area contributed by atoms with Gasteiger partial charge in [0.1, 0.15) is 0 Å². The van der Waals surface area contributed by atoms with Crippen molar-refractivity contribution in [3.63, 3.8) is 0 Å². The second-order valence-corrected chi connectivity index (χ2v) is 4.51. The first-order chi connectivity index (χ1) is 9.00. The number of amides is 2. The molecule has 0 aliphatic carbocycles. The van der Waals surface area contributed by atoms with Crippen molar-refractivity contribution in [2.75, 3.05) is 7.05 Å². The van der Waals surface area contributed by atoms with Gasteiger partial charge in [-0.3, -0.25) is 14.5 Å². The van der Waals surface area contributed by atoms with E-state index in [1.54, 1.807) is 6.07 Å². The number of halogens is 1. The van der Waals surface area contributed by atoms with Crippen molar-refractivity contribution in [3.8, 4) is 5.75 Å². The fraction of sp³-hybridized carbons (Fsp3) is 0.385. The van der Waals surface area contributed by atoms with Crippen molar-refractivity contribution >= 4 is 11.8 Å². The molecule has 0 saturated carbocycles. The van der Waals surface area contributed by atoms with Gasteiger partial charge in [-0.2, -0.15) is 0 Å². The Morgan fingerprint density at radius 2 is 2.21 bits per heavy atom. The van der Waals surface area contributed by atoms with Crippen LogP contribution in [0.15, 0.2) is 18.2 Å². The molecule has 0 aromatic heterocycles. The summed E-state index contributed by atoms with van der Waals surface area (Å²) in [4.78, 5) is 24.2. The van der Waals surface area contributed by atoms with Gasteiger partial charge < -0.3 is 10.4 Å². The number of imide groups is 1. The summed E-state index contributed by atoms with van der Waals surface area (Å²) < 4.78 is 13.1. The Bertz CT molecular complexity index is 519. The van der Waals surface area contributed by atoms with E-state index in [-0.39, 0.29) is 18.4 Å². The maximum atomic E-state index is 13.1. The highest BCUT2D eigenvalue weighted by molar-refractivity contribution is 6.00. The number of para-hydroxylation sites is 1. The van der Waals surface area contributed by atoms with Gasteiger partial charge >= 0.3 is 0 Å². The van der Waals surface area contributed by atoms with Gasteiger partial charge in [0.15, 0.2) is 11.6 Å². The Hall–Kier alpha value is -1.95. The average molecular weight is 266 g/mol. The Morgan fingerprint density at radius 1 is 1.47 bits per heavy atom. The number of phenols is 1. The molecule has 6 heteroatoms. The lowest BCUT2D eigenvalue weighted by Gasteiger charge is -2.28. The summed E-state index contributed by atoms with van der Waals surface area (Å²) in [6, 6.07) is 3.75. The molecular formula is C13H15FN2O3. The van der Waals surface area contributed by atoms with Crippen LogP contribution in [0.1, 0.15) is 18.4 Å². The van der Waals surface area contributed by atoms with Crippen LogP contribution >= 0.6 is 0 Å². The first kappa shape index (κ1) is 13.5. The van der Waals surface area contributed by atoms with Crippen LogP contribution in [0.2, 0.25) is 0 Å². The van der Waals surface area contributed by atoms with Crippen LogP contribution in [-0.4, -0.2) is 34.9 Å². The van der Waals surface area contributed by atoms with Crippen LogP contribution in [0.5, 0.6) is 5.75 Å². The van der Waals surface area contributed by atoms with Crippen LogP contribution in [-0.2, 0) is 16.1 Å². The van der Waals surface area contributed by atoms with Crippen molar-refractivity contribution in [3.05, 3.63) is 29.6 Å². The number of carbonyl (C=O) groups is 2. The van der Waals surface area contributed by atoms with E-state index in [9.17, 15) is 19.1 Å². The standard InChI is InChI=1S/C13H15FN2O3/c1-16-11(17)6-5-10(13(16)19)15-7-8-3-2-4-9(14)12(8)18/h2-4,10,15,18H,5-7H2,1H3. The lowest BCUT2D eigenvalue weighted by Crippen LogP contribution is -2.51. The number of rotatable bonds is 3. The van der Waals surface area contributed by atoms with Crippen LogP contribution in [0, 0.1) is 5.82 Å². The van der Waals surface area contributed by atoms with E-state index in [0.717, 1.165) is 11.0 Å². The summed E-state index contributed by atoms with van der Waals surface area (Å²) in [5.74, 6) is -1.60. The molecule has 1 fully saturated rings. The van der Waals surface area contributed by atoms with Crippen molar-refractivity contribution < 1.29 is 19.1 Å². The quantitative estimate of drug-likeness (QED) is 0.793. The number of hydrogen-bond acceptors (Lipinski definition) is 4. The lowest BCUT2D eigenvalue weighted by molar-refractivity contribution is -0.148. The maximum Gasteiger partial charge on any atom is 0.246 e. The predicted octanol–water partition coefficient (Wildman–Crippen LogP) is 0.768. The van der Waals surface area contributed by atoms with E-state index in [0.29, 0.717) is 18.4 Å².